The van der Waals surface area contributed by atoms with E-state index in [1.54, 1.807) is 0 Å². The number of hydrogen-bond donors (Lipinski definition) is 1. The topological polar surface area (TPSA) is 69.2 Å². The lowest BCUT2D eigenvalue weighted by Gasteiger charge is -2.20. The Kier molecular flexibility index (Phi) is 4.28. The van der Waals surface area contributed by atoms with Crippen LogP contribution in [0.1, 0.15) is 62.8 Å². The zero-order valence-corrected chi connectivity index (χ0v) is 13.3. The van der Waals surface area contributed by atoms with Gasteiger partial charge in [-0.15, -0.1) is 0 Å². The Hall–Kier alpha value is -0.980. The number of rotatable bonds is 3. The number of nitrogens with two attached hydrogens (primary N) is 1. The standard InChI is InChI=1S/C15H27N5O/c1-10(2)20-15(13-8-12(16)9-19(13)3)17-14(18-20)11-4-6-21-7-5-11/h10-13H,4-9,16H2,1-3H3/t12-,13-/m0/s1. The molecule has 2 atom stereocenters. The van der Waals surface area contributed by atoms with Crippen molar-refractivity contribution in [1.82, 2.24) is 19.7 Å². The van der Waals surface area contributed by atoms with Crippen LogP contribution in [0.4, 0.5) is 0 Å². The highest BCUT2D eigenvalue weighted by molar-refractivity contribution is 5.08. The van der Waals surface area contributed by atoms with E-state index in [2.05, 4.69) is 30.5 Å². The molecule has 1 aromatic heterocycles. The molecule has 6 heteroatoms. The van der Waals surface area contributed by atoms with Crippen LogP contribution in [0, 0.1) is 0 Å². The normalized spacial score (nSPS) is 28.6. The largest absolute Gasteiger partial charge is 0.381 e. The van der Waals surface area contributed by atoms with Gasteiger partial charge >= 0.3 is 0 Å². The highest BCUT2D eigenvalue weighted by atomic mass is 16.5. The van der Waals surface area contributed by atoms with E-state index in [0.29, 0.717) is 18.0 Å². The van der Waals surface area contributed by atoms with Crippen molar-refractivity contribution < 1.29 is 4.74 Å². The third-order valence-corrected chi connectivity index (χ3v) is 4.63. The van der Waals surface area contributed by atoms with Crippen LogP contribution in [0.3, 0.4) is 0 Å². The van der Waals surface area contributed by atoms with E-state index in [9.17, 15) is 0 Å². The van der Waals surface area contributed by atoms with Gasteiger partial charge in [0.2, 0.25) is 0 Å². The maximum Gasteiger partial charge on any atom is 0.154 e. The van der Waals surface area contributed by atoms with Gasteiger partial charge < -0.3 is 10.5 Å². The third-order valence-electron chi connectivity index (χ3n) is 4.63. The number of hydrogen-bond acceptors (Lipinski definition) is 5. The Labute approximate surface area is 126 Å². The molecule has 2 fully saturated rings. The minimum atomic E-state index is 0.240. The molecule has 2 N–H and O–H groups in total. The summed E-state index contributed by atoms with van der Waals surface area (Å²) in [4.78, 5) is 7.23. The summed E-state index contributed by atoms with van der Waals surface area (Å²) in [6, 6.07) is 0.860. The first-order valence-corrected chi connectivity index (χ1v) is 8.06. The predicted octanol–water partition coefficient (Wildman–Crippen LogP) is 1.46. The maximum absolute atomic E-state index is 6.11. The average molecular weight is 293 g/mol. The van der Waals surface area contributed by atoms with Crippen LogP contribution in [0.15, 0.2) is 0 Å². The van der Waals surface area contributed by atoms with E-state index in [0.717, 1.165) is 50.7 Å². The molecule has 1 aromatic rings. The van der Waals surface area contributed by atoms with Crippen LogP contribution in [0.25, 0.3) is 0 Å². The summed E-state index contributed by atoms with van der Waals surface area (Å²) in [5.74, 6) is 2.52. The number of likely N-dealkylation sites (N-methyl/N-ethyl adjacent to an activating group) is 1. The van der Waals surface area contributed by atoms with Gasteiger partial charge in [-0.1, -0.05) is 0 Å². The number of likely N-dealkylation sites (tertiary alicyclic amines) is 1. The summed E-state index contributed by atoms with van der Waals surface area (Å²) >= 11 is 0. The second-order valence-electron chi connectivity index (χ2n) is 6.70. The van der Waals surface area contributed by atoms with E-state index in [-0.39, 0.29) is 6.04 Å². The Morgan fingerprint density at radius 3 is 2.57 bits per heavy atom. The molecule has 0 unspecified atom stereocenters. The Balaban J connectivity index is 1.89. The first kappa shape index (κ1) is 14.9. The second kappa shape index (κ2) is 6.02. The molecular formula is C15H27N5O. The molecule has 6 nitrogen and oxygen atoms in total. The van der Waals surface area contributed by atoms with Crippen molar-refractivity contribution in [1.29, 1.82) is 0 Å². The zero-order chi connectivity index (χ0) is 15.0. The molecule has 0 spiro atoms. The fourth-order valence-electron chi connectivity index (χ4n) is 3.43. The SMILES string of the molecule is CC(C)n1nc(C2CCOCC2)nc1[C@@H]1C[C@H](N)CN1C. The van der Waals surface area contributed by atoms with E-state index in [4.69, 9.17) is 20.6 Å². The van der Waals surface area contributed by atoms with Gasteiger partial charge in [-0.3, -0.25) is 4.90 Å². The molecule has 3 heterocycles. The van der Waals surface area contributed by atoms with Gasteiger partial charge in [-0.25, -0.2) is 9.67 Å². The summed E-state index contributed by atoms with van der Waals surface area (Å²) in [5, 5.41) is 4.82. The quantitative estimate of drug-likeness (QED) is 0.913. The minimum absolute atomic E-state index is 0.240. The van der Waals surface area contributed by atoms with Crippen LogP contribution in [0.5, 0.6) is 0 Å². The highest BCUT2D eigenvalue weighted by Gasteiger charge is 2.34. The highest BCUT2D eigenvalue weighted by Crippen LogP contribution is 2.32. The maximum atomic E-state index is 6.11. The van der Waals surface area contributed by atoms with Gasteiger partial charge in [0.05, 0.1) is 6.04 Å². The second-order valence-corrected chi connectivity index (χ2v) is 6.70. The molecule has 0 amide bonds. The van der Waals surface area contributed by atoms with Gasteiger partial charge in [0.25, 0.3) is 0 Å². The van der Waals surface area contributed by atoms with E-state index in [1.165, 1.54) is 0 Å². The molecule has 0 aliphatic carbocycles. The molecule has 21 heavy (non-hydrogen) atoms. The summed E-state index contributed by atoms with van der Waals surface area (Å²) < 4.78 is 7.55. The van der Waals surface area contributed by atoms with Crippen LogP contribution < -0.4 is 5.73 Å². The lowest BCUT2D eigenvalue weighted by molar-refractivity contribution is 0.0835. The van der Waals surface area contributed by atoms with Crippen molar-refractivity contribution in [2.24, 2.45) is 5.73 Å². The van der Waals surface area contributed by atoms with Gasteiger partial charge in [-0.2, -0.15) is 5.10 Å². The van der Waals surface area contributed by atoms with Crippen LogP contribution in [-0.2, 0) is 4.74 Å². The van der Waals surface area contributed by atoms with E-state index in [1.807, 2.05) is 0 Å². The van der Waals surface area contributed by atoms with Crippen molar-refractivity contribution >= 4 is 0 Å². The van der Waals surface area contributed by atoms with Gasteiger partial charge in [0.1, 0.15) is 5.82 Å². The van der Waals surface area contributed by atoms with Crippen molar-refractivity contribution in [2.45, 2.75) is 57.2 Å². The first-order chi connectivity index (χ1) is 10.1. The van der Waals surface area contributed by atoms with E-state index >= 15 is 0 Å². The molecule has 0 saturated carbocycles. The molecule has 2 saturated heterocycles. The Morgan fingerprint density at radius 2 is 2.00 bits per heavy atom. The number of ether oxygens (including phenoxy) is 1. The lowest BCUT2D eigenvalue weighted by atomic mass is 10.00. The summed E-state index contributed by atoms with van der Waals surface area (Å²) in [5.41, 5.74) is 6.11. The predicted molar refractivity (Wildman–Crippen MR) is 81.2 cm³/mol. The van der Waals surface area contributed by atoms with Crippen LogP contribution in [0.2, 0.25) is 0 Å². The molecule has 2 aliphatic heterocycles. The molecule has 118 valence electrons. The van der Waals surface area contributed by atoms with E-state index < -0.39 is 0 Å². The molecule has 2 aliphatic rings. The molecule has 3 rings (SSSR count). The van der Waals surface area contributed by atoms with Gasteiger partial charge in [0, 0.05) is 37.8 Å². The minimum Gasteiger partial charge on any atom is -0.381 e. The van der Waals surface area contributed by atoms with Gasteiger partial charge in [-0.05, 0) is 40.2 Å². The Morgan fingerprint density at radius 1 is 1.29 bits per heavy atom. The fraction of sp³-hybridized carbons (Fsp3) is 0.867. The van der Waals surface area contributed by atoms with Crippen molar-refractivity contribution in [3.63, 3.8) is 0 Å². The lowest BCUT2D eigenvalue weighted by Crippen LogP contribution is -2.25. The first-order valence-electron chi connectivity index (χ1n) is 8.06. The fourth-order valence-corrected chi connectivity index (χ4v) is 3.43. The summed E-state index contributed by atoms with van der Waals surface area (Å²) in [7, 11) is 2.13. The van der Waals surface area contributed by atoms with Crippen LogP contribution >= 0.6 is 0 Å². The smallest absolute Gasteiger partial charge is 0.154 e. The van der Waals surface area contributed by atoms with Crippen molar-refractivity contribution in [2.75, 3.05) is 26.8 Å². The number of nitrogens with zero attached hydrogens (tertiary/aromatic N) is 4. The molecular weight excluding hydrogens is 266 g/mol. The summed E-state index contributed by atoms with van der Waals surface area (Å²) in [6.45, 7) is 6.92. The molecule has 0 aromatic carbocycles. The zero-order valence-electron chi connectivity index (χ0n) is 13.3. The monoisotopic (exact) mass is 293 g/mol. The van der Waals surface area contributed by atoms with Gasteiger partial charge in [0.15, 0.2) is 5.82 Å². The van der Waals surface area contributed by atoms with Crippen molar-refractivity contribution in [3.05, 3.63) is 11.6 Å². The molecule has 0 radical (unpaired) electrons. The third kappa shape index (κ3) is 2.98. The number of aromatic nitrogens is 3. The van der Waals surface area contributed by atoms with Crippen LogP contribution in [-0.4, -0.2) is 52.5 Å². The Bertz CT molecular complexity index is 480. The summed E-state index contributed by atoms with van der Waals surface area (Å²) in [6.07, 6.45) is 3.03. The average Bonchev–Trinajstić information content (AvgIpc) is 3.03. The van der Waals surface area contributed by atoms with Crippen molar-refractivity contribution in [3.8, 4) is 0 Å². The molecule has 0 bridgehead atoms.